The molecule has 1 amide bonds. The van der Waals surface area contributed by atoms with Crippen LogP contribution in [-0.4, -0.2) is 24.2 Å². The van der Waals surface area contributed by atoms with E-state index in [0.29, 0.717) is 6.54 Å². The van der Waals surface area contributed by atoms with E-state index in [2.05, 4.69) is 5.32 Å². The summed E-state index contributed by atoms with van der Waals surface area (Å²) in [4.78, 5) is 12.0. The first kappa shape index (κ1) is 14.6. The molecule has 1 saturated heterocycles. The SMILES string of the molecule is CC(=O)NCc1cc(B2OC(C)(C)C(C)(C)O2)cs1. The average Bonchev–Trinajstić information content (AvgIpc) is 2.79. The van der Waals surface area contributed by atoms with Crippen molar-refractivity contribution in [3.8, 4) is 0 Å². The molecule has 1 fully saturated rings. The maximum atomic E-state index is 10.9. The number of amides is 1. The molecule has 0 atom stereocenters. The maximum Gasteiger partial charge on any atom is 0.495 e. The van der Waals surface area contributed by atoms with Crippen LogP contribution in [0, 0.1) is 0 Å². The molecular formula is C13H20BNO3S. The normalized spacial score (nSPS) is 20.6. The molecule has 19 heavy (non-hydrogen) atoms. The van der Waals surface area contributed by atoms with Gasteiger partial charge in [-0.15, -0.1) is 11.3 Å². The number of hydrogen-bond acceptors (Lipinski definition) is 4. The van der Waals surface area contributed by atoms with Crippen LogP contribution >= 0.6 is 11.3 Å². The summed E-state index contributed by atoms with van der Waals surface area (Å²) in [5.41, 5.74) is 0.374. The van der Waals surface area contributed by atoms with Crippen LogP contribution in [-0.2, 0) is 20.6 Å². The van der Waals surface area contributed by atoms with Gasteiger partial charge in [0, 0.05) is 11.8 Å². The molecular weight excluding hydrogens is 261 g/mol. The predicted octanol–water partition coefficient (Wildman–Crippen LogP) is 1.68. The first-order valence-corrected chi connectivity index (χ1v) is 7.27. The van der Waals surface area contributed by atoms with Gasteiger partial charge in [0.2, 0.25) is 5.91 Å². The van der Waals surface area contributed by atoms with Gasteiger partial charge >= 0.3 is 7.12 Å². The summed E-state index contributed by atoms with van der Waals surface area (Å²) in [5.74, 6) is -0.0226. The summed E-state index contributed by atoms with van der Waals surface area (Å²) >= 11 is 1.60. The Hall–Kier alpha value is -0.845. The van der Waals surface area contributed by atoms with Crippen molar-refractivity contribution in [2.75, 3.05) is 0 Å². The van der Waals surface area contributed by atoms with Crippen LogP contribution in [0.2, 0.25) is 0 Å². The Morgan fingerprint density at radius 2 is 1.89 bits per heavy atom. The van der Waals surface area contributed by atoms with Crippen molar-refractivity contribution in [2.45, 2.75) is 52.4 Å². The van der Waals surface area contributed by atoms with E-state index in [1.807, 2.05) is 39.1 Å². The van der Waals surface area contributed by atoms with Crippen molar-refractivity contribution in [3.63, 3.8) is 0 Å². The smallest absolute Gasteiger partial charge is 0.399 e. The lowest BCUT2D eigenvalue weighted by Crippen LogP contribution is -2.41. The van der Waals surface area contributed by atoms with Gasteiger partial charge < -0.3 is 14.6 Å². The number of hydrogen-bond donors (Lipinski definition) is 1. The Labute approximate surface area is 118 Å². The lowest BCUT2D eigenvalue weighted by Gasteiger charge is -2.32. The highest BCUT2D eigenvalue weighted by Crippen LogP contribution is 2.36. The van der Waals surface area contributed by atoms with Gasteiger partial charge in [-0.05, 0) is 44.6 Å². The van der Waals surface area contributed by atoms with Crippen LogP contribution in [0.3, 0.4) is 0 Å². The van der Waals surface area contributed by atoms with Gasteiger partial charge in [-0.1, -0.05) is 0 Å². The maximum absolute atomic E-state index is 10.9. The zero-order chi connectivity index (χ0) is 14.3. The lowest BCUT2D eigenvalue weighted by atomic mass is 9.81. The Morgan fingerprint density at radius 1 is 1.32 bits per heavy atom. The first-order valence-electron chi connectivity index (χ1n) is 6.39. The molecule has 1 aliphatic rings. The molecule has 0 unspecified atom stereocenters. The van der Waals surface area contributed by atoms with Crippen molar-refractivity contribution < 1.29 is 14.1 Å². The van der Waals surface area contributed by atoms with E-state index in [0.717, 1.165) is 10.3 Å². The summed E-state index contributed by atoms with van der Waals surface area (Å²) in [6.07, 6.45) is 0. The molecule has 4 nitrogen and oxygen atoms in total. The van der Waals surface area contributed by atoms with Crippen LogP contribution in [0.4, 0.5) is 0 Å². The fourth-order valence-corrected chi connectivity index (χ4v) is 2.63. The third kappa shape index (κ3) is 3.01. The highest BCUT2D eigenvalue weighted by atomic mass is 32.1. The topological polar surface area (TPSA) is 47.6 Å². The van der Waals surface area contributed by atoms with Crippen LogP contribution in [0.15, 0.2) is 11.4 Å². The quantitative estimate of drug-likeness (QED) is 0.858. The predicted molar refractivity (Wildman–Crippen MR) is 77.6 cm³/mol. The van der Waals surface area contributed by atoms with Crippen molar-refractivity contribution >= 4 is 29.8 Å². The van der Waals surface area contributed by atoms with Crippen LogP contribution in [0.5, 0.6) is 0 Å². The molecule has 0 spiro atoms. The van der Waals surface area contributed by atoms with E-state index < -0.39 is 0 Å². The Morgan fingerprint density at radius 3 is 2.42 bits per heavy atom. The van der Waals surface area contributed by atoms with Gasteiger partial charge in [-0.3, -0.25) is 4.79 Å². The molecule has 104 valence electrons. The highest BCUT2D eigenvalue weighted by molar-refractivity contribution is 7.11. The number of carbonyl (C=O) groups is 1. The molecule has 6 heteroatoms. The molecule has 0 aliphatic carbocycles. The molecule has 0 saturated carbocycles. The number of nitrogens with one attached hydrogen (secondary N) is 1. The standard InChI is InChI=1S/C13H20BNO3S/c1-9(16)15-7-11-6-10(8-19-11)14-17-12(2,3)13(4,5)18-14/h6,8H,7H2,1-5H3,(H,15,16). The largest absolute Gasteiger partial charge is 0.495 e. The summed E-state index contributed by atoms with van der Waals surface area (Å²) in [6, 6.07) is 2.03. The minimum Gasteiger partial charge on any atom is -0.399 e. The fraction of sp³-hybridized carbons (Fsp3) is 0.615. The number of thiophene rings is 1. The summed E-state index contributed by atoms with van der Waals surface area (Å²) < 4.78 is 12.0. The van der Waals surface area contributed by atoms with Gasteiger partial charge in [0.15, 0.2) is 0 Å². The van der Waals surface area contributed by atoms with Crippen LogP contribution in [0.25, 0.3) is 0 Å². The molecule has 0 aromatic carbocycles. The molecule has 2 rings (SSSR count). The molecule has 1 aromatic rings. The van der Waals surface area contributed by atoms with Gasteiger partial charge in [0.25, 0.3) is 0 Å². The zero-order valence-corrected chi connectivity index (χ0v) is 12.9. The van der Waals surface area contributed by atoms with E-state index in [-0.39, 0.29) is 24.2 Å². The van der Waals surface area contributed by atoms with Crippen molar-refractivity contribution in [2.24, 2.45) is 0 Å². The molecule has 0 bridgehead atoms. The second-order valence-corrected chi connectivity index (χ2v) is 6.84. The van der Waals surface area contributed by atoms with E-state index in [1.165, 1.54) is 6.92 Å². The Balaban J connectivity index is 2.06. The van der Waals surface area contributed by atoms with Crippen molar-refractivity contribution in [1.29, 1.82) is 0 Å². The number of carbonyl (C=O) groups excluding carboxylic acids is 1. The second-order valence-electron chi connectivity index (χ2n) is 5.84. The third-order valence-corrected chi connectivity index (χ3v) is 4.67. The lowest BCUT2D eigenvalue weighted by molar-refractivity contribution is -0.119. The Bertz CT molecular complexity index is 468. The van der Waals surface area contributed by atoms with Crippen LogP contribution in [0.1, 0.15) is 39.5 Å². The van der Waals surface area contributed by atoms with Crippen molar-refractivity contribution in [3.05, 3.63) is 16.3 Å². The average molecular weight is 281 g/mol. The molecule has 0 radical (unpaired) electrons. The van der Waals surface area contributed by atoms with Gasteiger partial charge in [0.1, 0.15) is 0 Å². The molecule has 1 aliphatic heterocycles. The summed E-state index contributed by atoms with van der Waals surface area (Å²) in [6.45, 7) is 10.2. The van der Waals surface area contributed by atoms with E-state index in [1.54, 1.807) is 11.3 Å². The van der Waals surface area contributed by atoms with E-state index >= 15 is 0 Å². The second kappa shape index (κ2) is 4.92. The van der Waals surface area contributed by atoms with Gasteiger partial charge in [0.05, 0.1) is 17.7 Å². The molecule has 2 heterocycles. The summed E-state index contributed by atoms with van der Waals surface area (Å²) in [5, 5.41) is 4.82. The first-order chi connectivity index (χ1) is 8.71. The molecule has 1 aromatic heterocycles. The van der Waals surface area contributed by atoms with Gasteiger partial charge in [-0.2, -0.15) is 0 Å². The van der Waals surface area contributed by atoms with E-state index in [4.69, 9.17) is 9.31 Å². The third-order valence-electron chi connectivity index (χ3n) is 3.71. The minimum atomic E-state index is -0.327. The Kier molecular flexibility index (Phi) is 3.77. The summed E-state index contributed by atoms with van der Waals surface area (Å²) in [7, 11) is -0.327. The minimum absolute atomic E-state index is 0.0226. The fourth-order valence-electron chi connectivity index (χ4n) is 1.80. The number of rotatable bonds is 3. The van der Waals surface area contributed by atoms with Gasteiger partial charge in [-0.25, -0.2) is 0 Å². The highest BCUT2D eigenvalue weighted by Gasteiger charge is 2.51. The monoisotopic (exact) mass is 281 g/mol. The van der Waals surface area contributed by atoms with E-state index in [9.17, 15) is 4.79 Å². The zero-order valence-electron chi connectivity index (χ0n) is 12.1. The van der Waals surface area contributed by atoms with Crippen LogP contribution < -0.4 is 10.8 Å². The molecule has 1 N–H and O–H groups in total. The van der Waals surface area contributed by atoms with Crippen molar-refractivity contribution in [1.82, 2.24) is 5.32 Å².